The summed E-state index contributed by atoms with van der Waals surface area (Å²) in [5.41, 5.74) is 3.59. The molecule has 0 bridgehead atoms. The molecule has 0 saturated carbocycles. The number of aryl methyl sites for hydroxylation is 1. The van der Waals surface area contributed by atoms with Crippen LogP contribution in [0.15, 0.2) is 54.6 Å². The zero-order chi connectivity index (χ0) is 11.7. The monoisotopic (exact) mass is 221 g/mol. The normalized spacial score (nSPS) is 18.8. The quantitative estimate of drug-likeness (QED) is 0.705. The predicted molar refractivity (Wildman–Crippen MR) is 72.1 cm³/mol. The van der Waals surface area contributed by atoms with Crippen LogP contribution in [-0.2, 0) is 0 Å². The van der Waals surface area contributed by atoms with Crippen molar-refractivity contribution in [1.29, 1.82) is 0 Å². The summed E-state index contributed by atoms with van der Waals surface area (Å²) in [6, 6.07) is 10.6. The largest absolute Gasteiger partial charge is 0.252 e. The Morgan fingerprint density at radius 1 is 1.18 bits per heavy atom. The lowest BCUT2D eigenvalue weighted by atomic mass is 9.93. The molecule has 3 rings (SSSR count). The van der Waals surface area contributed by atoms with Crippen molar-refractivity contribution in [2.24, 2.45) is 0 Å². The summed E-state index contributed by atoms with van der Waals surface area (Å²) >= 11 is 0. The van der Waals surface area contributed by atoms with Crippen molar-refractivity contribution in [3.05, 3.63) is 65.9 Å². The maximum absolute atomic E-state index is 4.81. The number of fused-ring (bicyclic) bond motifs is 1. The van der Waals surface area contributed by atoms with Crippen molar-refractivity contribution < 1.29 is 0 Å². The fourth-order valence-electron chi connectivity index (χ4n) is 2.40. The van der Waals surface area contributed by atoms with Gasteiger partial charge in [0.15, 0.2) is 0 Å². The van der Waals surface area contributed by atoms with E-state index in [1.807, 2.05) is 6.07 Å². The molecule has 1 nitrogen and oxygen atoms in total. The zero-order valence-corrected chi connectivity index (χ0v) is 9.93. The minimum absolute atomic E-state index is 0.435. The summed E-state index contributed by atoms with van der Waals surface area (Å²) in [6.07, 6.45) is 9.73. The molecule has 1 aliphatic rings. The van der Waals surface area contributed by atoms with E-state index in [1.165, 1.54) is 16.6 Å². The molecular weight excluding hydrogens is 206 g/mol. The standard InChI is InChI=1S/C16H15N/c1-12-11-14-9-5-6-10-15(14)17-16(12)13-7-3-2-4-8-13/h2-7,9-11,13H,8H2,1H3. The average molecular weight is 221 g/mol. The van der Waals surface area contributed by atoms with E-state index in [9.17, 15) is 0 Å². The number of benzene rings is 1. The van der Waals surface area contributed by atoms with Crippen LogP contribution < -0.4 is 0 Å². The van der Waals surface area contributed by atoms with Crippen molar-refractivity contribution in [2.75, 3.05) is 0 Å². The fraction of sp³-hybridized carbons (Fsp3) is 0.188. The Morgan fingerprint density at radius 2 is 2.06 bits per heavy atom. The van der Waals surface area contributed by atoms with Gasteiger partial charge in [0.05, 0.1) is 11.2 Å². The number of para-hydroxylation sites is 1. The Balaban J connectivity index is 2.13. The van der Waals surface area contributed by atoms with Gasteiger partial charge in [-0.25, -0.2) is 0 Å². The van der Waals surface area contributed by atoms with E-state index in [1.54, 1.807) is 0 Å². The van der Waals surface area contributed by atoms with Gasteiger partial charge in [-0.3, -0.25) is 4.98 Å². The van der Waals surface area contributed by atoms with Crippen LogP contribution >= 0.6 is 0 Å². The van der Waals surface area contributed by atoms with Gasteiger partial charge in [0.1, 0.15) is 0 Å². The van der Waals surface area contributed by atoms with E-state index in [0.29, 0.717) is 5.92 Å². The molecule has 1 aromatic carbocycles. The Morgan fingerprint density at radius 3 is 2.88 bits per heavy atom. The molecule has 0 fully saturated rings. The van der Waals surface area contributed by atoms with Crippen LogP contribution in [0.1, 0.15) is 23.6 Å². The number of aromatic nitrogens is 1. The molecule has 0 amide bonds. The van der Waals surface area contributed by atoms with Gasteiger partial charge >= 0.3 is 0 Å². The zero-order valence-electron chi connectivity index (χ0n) is 9.93. The topological polar surface area (TPSA) is 12.9 Å². The summed E-state index contributed by atoms with van der Waals surface area (Å²) in [4.78, 5) is 4.81. The first-order valence-electron chi connectivity index (χ1n) is 6.04. The van der Waals surface area contributed by atoms with E-state index in [-0.39, 0.29) is 0 Å². The molecule has 2 aromatic rings. The highest BCUT2D eigenvalue weighted by Gasteiger charge is 2.13. The van der Waals surface area contributed by atoms with E-state index >= 15 is 0 Å². The molecule has 84 valence electrons. The van der Waals surface area contributed by atoms with Crippen LogP contribution in [0.3, 0.4) is 0 Å². The molecule has 1 heteroatoms. The molecule has 1 aromatic heterocycles. The first-order valence-corrected chi connectivity index (χ1v) is 6.04. The first kappa shape index (κ1) is 10.3. The molecule has 0 radical (unpaired) electrons. The molecular formula is C16H15N. The van der Waals surface area contributed by atoms with Crippen LogP contribution in [-0.4, -0.2) is 4.98 Å². The van der Waals surface area contributed by atoms with E-state index < -0.39 is 0 Å². The second kappa shape index (κ2) is 4.17. The maximum atomic E-state index is 4.81. The maximum Gasteiger partial charge on any atom is 0.0705 e. The molecule has 0 saturated heterocycles. The van der Waals surface area contributed by atoms with Crippen molar-refractivity contribution in [3.63, 3.8) is 0 Å². The third-order valence-electron chi connectivity index (χ3n) is 3.29. The minimum Gasteiger partial charge on any atom is -0.252 e. The summed E-state index contributed by atoms with van der Waals surface area (Å²) in [6.45, 7) is 2.15. The van der Waals surface area contributed by atoms with Gasteiger partial charge in [-0.05, 0) is 31.0 Å². The molecule has 1 heterocycles. The fourth-order valence-corrected chi connectivity index (χ4v) is 2.40. The van der Waals surface area contributed by atoms with Crippen molar-refractivity contribution in [3.8, 4) is 0 Å². The Labute approximate surface area is 102 Å². The number of pyridine rings is 1. The summed E-state index contributed by atoms with van der Waals surface area (Å²) in [7, 11) is 0. The molecule has 0 spiro atoms. The van der Waals surface area contributed by atoms with E-state index in [4.69, 9.17) is 4.98 Å². The second-order valence-electron chi connectivity index (χ2n) is 4.54. The molecule has 17 heavy (non-hydrogen) atoms. The molecule has 1 unspecified atom stereocenters. The summed E-state index contributed by atoms with van der Waals surface area (Å²) < 4.78 is 0. The minimum atomic E-state index is 0.435. The number of rotatable bonds is 1. The van der Waals surface area contributed by atoms with Crippen LogP contribution in [0.2, 0.25) is 0 Å². The molecule has 1 aliphatic carbocycles. The van der Waals surface area contributed by atoms with Crippen molar-refractivity contribution in [2.45, 2.75) is 19.3 Å². The lowest BCUT2D eigenvalue weighted by Crippen LogP contribution is -2.02. The average Bonchev–Trinajstić information content (AvgIpc) is 2.39. The van der Waals surface area contributed by atoms with Crippen LogP contribution in [0.4, 0.5) is 0 Å². The number of allylic oxidation sites excluding steroid dienone is 4. The third kappa shape index (κ3) is 1.89. The Bertz CT molecular complexity index is 608. The van der Waals surface area contributed by atoms with Crippen molar-refractivity contribution >= 4 is 10.9 Å². The first-order chi connectivity index (χ1) is 8.34. The van der Waals surface area contributed by atoms with Crippen molar-refractivity contribution in [1.82, 2.24) is 4.98 Å². The predicted octanol–water partition coefficient (Wildman–Crippen LogP) is 4.14. The van der Waals surface area contributed by atoms with Crippen LogP contribution in [0.5, 0.6) is 0 Å². The highest BCUT2D eigenvalue weighted by atomic mass is 14.7. The Hall–Kier alpha value is -1.89. The number of nitrogens with zero attached hydrogens (tertiary/aromatic N) is 1. The molecule has 0 aliphatic heterocycles. The summed E-state index contributed by atoms with van der Waals surface area (Å²) in [5.74, 6) is 0.435. The van der Waals surface area contributed by atoms with Gasteiger partial charge in [0.2, 0.25) is 0 Å². The van der Waals surface area contributed by atoms with Gasteiger partial charge < -0.3 is 0 Å². The second-order valence-corrected chi connectivity index (χ2v) is 4.54. The highest BCUT2D eigenvalue weighted by molar-refractivity contribution is 5.79. The lowest BCUT2D eigenvalue weighted by Gasteiger charge is -2.15. The van der Waals surface area contributed by atoms with Crippen LogP contribution in [0, 0.1) is 6.92 Å². The van der Waals surface area contributed by atoms with E-state index in [0.717, 1.165) is 11.9 Å². The smallest absolute Gasteiger partial charge is 0.0705 e. The summed E-state index contributed by atoms with van der Waals surface area (Å²) in [5, 5.41) is 1.23. The molecule has 1 atom stereocenters. The Kier molecular flexibility index (Phi) is 2.52. The number of hydrogen-bond acceptors (Lipinski definition) is 1. The van der Waals surface area contributed by atoms with Gasteiger partial charge in [0, 0.05) is 11.3 Å². The highest BCUT2D eigenvalue weighted by Crippen LogP contribution is 2.27. The van der Waals surface area contributed by atoms with Gasteiger partial charge in [-0.1, -0.05) is 42.5 Å². The van der Waals surface area contributed by atoms with E-state index in [2.05, 4.69) is 55.5 Å². The SMILES string of the molecule is Cc1cc2ccccc2nc1C1C=CC=CC1. The lowest BCUT2D eigenvalue weighted by molar-refractivity contribution is 0.812. The van der Waals surface area contributed by atoms with Gasteiger partial charge in [0.25, 0.3) is 0 Å². The van der Waals surface area contributed by atoms with Gasteiger partial charge in [-0.15, -0.1) is 0 Å². The number of hydrogen-bond donors (Lipinski definition) is 0. The third-order valence-corrected chi connectivity index (χ3v) is 3.29. The molecule has 0 N–H and O–H groups in total. The van der Waals surface area contributed by atoms with Gasteiger partial charge in [-0.2, -0.15) is 0 Å². The van der Waals surface area contributed by atoms with Crippen LogP contribution in [0.25, 0.3) is 10.9 Å².